The van der Waals surface area contributed by atoms with E-state index in [0.717, 1.165) is 61.3 Å². The number of halogens is 6. The maximum Gasteiger partial charge on any atom is 0.272 e. The maximum atomic E-state index is 13.3. The highest BCUT2D eigenvalue weighted by molar-refractivity contribution is 5.97. The molecule has 28 heteroatoms. The van der Waals surface area contributed by atoms with Crippen molar-refractivity contribution in [2.24, 2.45) is 0 Å². The predicted octanol–water partition coefficient (Wildman–Crippen LogP) is 16.5. The maximum absolute atomic E-state index is 13.3. The van der Waals surface area contributed by atoms with Crippen molar-refractivity contribution >= 4 is 23.1 Å². The molecule has 12 aromatic rings. The van der Waals surface area contributed by atoms with Gasteiger partial charge >= 0.3 is 0 Å². The third-order valence-electron chi connectivity index (χ3n) is 15.3. The van der Waals surface area contributed by atoms with Gasteiger partial charge in [0.2, 0.25) is 0 Å². The Morgan fingerprint density at radius 1 is 0.333 bits per heavy atom. The van der Waals surface area contributed by atoms with Crippen LogP contribution in [0.25, 0.3) is 0 Å². The van der Waals surface area contributed by atoms with E-state index < -0.39 is 23.5 Å². The summed E-state index contributed by atoms with van der Waals surface area (Å²) in [6.07, 6.45) is 20.5. The second kappa shape index (κ2) is 37.7. The van der Waals surface area contributed by atoms with E-state index in [0.29, 0.717) is 106 Å². The quantitative estimate of drug-likeness (QED) is 0.0359. The van der Waals surface area contributed by atoms with Crippen molar-refractivity contribution in [2.45, 2.75) is 119 Å². The number of carbonyl (C=O) groups excluding carboxylic acids is 4. The molecule has 0 bridgehead atoms. The summed E-state index contributed by atoms with van der Waals surface area (Å²) >= 11 is 0. The first-order chi connectivity index (χ1) is 51.8. The second-order valence-corrected chi connectivity index (χ2v) is 24.2. The molecule has 0 amide bonds. The van der Waals surface area contributed by atoms with E-state index in [4.69, 9.17) is 18.9 Å². The first-order valence-corrected chi connectivity index (χ1v) is 33.9. The molecular weight excluding hydrogens is 1400 g/mol. The number of hydrogen-bond acceptors (Lipinski definition) is 22. The smallest absolute Gasteiger partial charge is 0.272 e. The number of carbonyl (C=O) groups is 4. The van der Waals surface area contributed by atoms with Gasteiger partial charge in [-0.2, -0.15) is 0 Å². The molecule has 12 rings (SSSR count). The van der Waals surface area contributed by atoms with Gasteiger partial charge < -0.3 is 18.9 Å². The zero-order valence-corrected chi connectivity index (χ0v) is 59.9. The van der Waals surface area contributed by atoms with Gasteiger partial charge in [0.25, 0.3) is 11.8 Å². The van der Waals surface area contributed by atoms with Gasteiger partial charge in [0.15, 0.2) is 34.6 Å². The van der Waals surface area contributed by atoms with Crippen molar-refractivity contribution in [3.05, 3.63) is 298 Å². The van der Waals surface area contributed by atoms with Crippen molar-refractivity contribution in [1.29, 1.82) is 0 Å². The normalized spacial score (nSPS) is 10.9. The van der Waals surface area contributed by atoms with Crippen LogP contribution in [0.4, 0.5) is 26.3 Å². The van der Waals surface area contributed by atoms with Gasteiger partial charge in [0.05, 0.1) is 75.3 Å². The second-order valence-electron chi connectivity index (χ2n) is 24.2. The van der Waals surface area contributed by atoms with Crippen LogP contribution >= 0.6 is 0 Å². The summed E-state index contributed by atoms with van der Waals surface area (Å²) in [6.45, 7) is 13.1. The first kappa shape index (κ1) is 79.2. The van der Waals surface area contributed by atoms with Gasteiger partial charge in [-0.3, -0.25) is 49.1 Å². The molecule has 552 valence electrons. The first-order valence-electron chi connectivity index (χ1n) is 33.9. The Labute approximate surface area is 617 Å². The average Bonchev–Trinajstić information content (AvgIpc) is 0.843. The molecule has 0 atom stereocenters. The Balaban J connectivity index is 0.000000166. The largest absolute Gasteiger partial charge is 0.455 e. The molecule has 12 aromatic heterocycles. The van der Waals surface area contributed by atoms with Gasteiger partial charge in [-0.15, -0.1) is 0 Å². The van der Waals surface area contributed by atoms with E-state index in [9.17, 15) is 45.5 Å². The molecule has 12 heterocycles. The van der Waals surface area contributed by atoms with Crippen LogP contribution in [0.2, 0.25) is 0 Å². The number of aromatic nitrogens is 14. The molecule has 0 aliphatic rings. The van der Waals surface area contributed by atoms with Gasteiger partial charge in [0, 0.05) is 155 Å². The molecule has 0 N–H and O–H groups in total. The zero-order valence-electron chi connectivity index (χ0n) is 59.9. The molecule has 0 aliphatic heterocycles. The van der Waals surface area contributed by atoms with E-state index >= 15 is 0 Å². The summed E-state index contributed by atoms with van der Waals surface area (Å²) < 4.78 is 102. The number of alkyl halides is 4. The van der Waals surface area contributed by atoms with Gasteiger partial charge in [-0.05, 0) is 87.6 Å². The van der Waals surface area contributed by atoms with Crippen LogP contribution in [0.5, 0.6) is 46.0 Å². The summed E-state index contributed by atoms with van der Waals surface area (Å²) in [4.78, 5) is 108. The monoisotopic (exact) mass is 1470 g/mol. The fourth-order valence-electron chi connectivity index (χ4n) is 9.79. The lowest BCUT2D eigenvalue weighted by Crippen LogP contribution is -2.11. The van der Waals surface area contributed by atoms with Crippen LogP contribution in [0.3, 0.4) is 0 Å². The molecule has 0 saturated carbocycles. The number of hydrogen-bond donors (Lipinski definition) is 0. The standard InChI is InChI=1S/C21H18F3N3O2.C20H18F2N4O2.C20H18FN3O2.C19H18N4O2/c1-3-15-7-17(29-18-6-14(22)11-25-12-18)9-19(27-15)20(28)8-16-5-4-13(10-26-16)21(2,23)24;1-3-14-6-16(28-17-10-23-12-24-11-17)8-18(26-14)19(27)7-15-5-4-13(9-25-15)20(2,21)22;1-3-15-8-17(26-18-7-14(21)11-22-12-18)10-19(24-15)20(25)9-16-6-4-5-13(2)23-16;1-3-14-6-16(25-17-10-20-12-21-11-17)8-18(23-14)19(24)7-15-5-4-13(2)9-22-15/h4-7,9-12H,3,8H2,1-2H3;4-6,8-12H,3,7H2,1-2H3;4-8,10-12H,3,9H2,1-2H3;4-6,8-12H,3,7H2,1-2H3. The number of Topliss-reactive ketones (excluding diaryl/α,β-unsaturated/α-hetero) is 4. The van der Waals surface area contributed by atoms with Crippen molar-refractivity contribution in [1.82, 2.24) is 69.8 Å². The van der Waals surface area contributed by atoms with E-state index in [1.54, 1.807) is 48.9 Å². The Bertz CT molecular complexity index is 5050. The highest BCUT2D eigenvalue weighted by Crippen LogP contribution is 2.31. The molecule has 0 radical (unpaired) electrons. The van der Waals surface area contributed by atoms with E-state index in [1.807, 2.05) is 77.9 Å². The third kappa shape index (κ3) is 24.6. The number of nitrogens with zero attached hydrogens (tertiary/aromatic N) is 14. The van der Waals surface area contributed by atoms with Crippen molar-refractivity contribution in [3.63, 3.8) is 0 Å². The van der Waals surface area contributed by atoms with Crippen LogP contribution in [0.15, 0.2) is 196 Å². The van der Waals surface area contributed by atoms with Crippen molar-refractivity contribution in [3.8, 4) is 46.0 Å². The minimum Gasteiger partial charge on any atom is -0.455 e. The molecule has 0 aromatic carbocycles. The molecule has 108 heavy (non-hydrogen) atoms. The minimum absolute atomic E-state index is 0.0520. The SMILES string of the molecule is CCc1cc(Oc2cncc(F)c2)cc(C(=O)Cc2ccc(C(C)(F)F)cn2)n1.CCc1cc(Oc2cncc(F)c2)cc(C(=O)Cc2cccc(C)n2)n1.CCc1cc(Oc2cncnc2)cc(C(=O)Cc2ccc(C(C)(F)F)cn2)n1.CCc1cc(Oc2cncnc2)cc(C(=O)Cc2ccc(C)cn2)n1. The lowest BCUT2D eigenvalue weighted by Gasteiger charge is -2.11. The highest BCUT2D eigenvalue weighted by atomic mass is 19.3. The minimum atomic E-state index is -3.00. The van der Waals surface area contributed by atoms with Crippen LogP contribution in [0, 0.1) is 25.5 Å². The van der Waals surface area contributed by atoms with E-state index in [-0.39, 0.29) is 82.8 Å². The fraction of sp³-hybridized carbons (Fsp3) is 0.225. The van der Waals surface area contributed by atoms with Gasteiger partial charge in [-0.25, -0.2) is 66.2 Å². The van der Waals surface area contributed by atoms with Gasteiger partial charge in [0.1, 0.15) is 81.6 Å². The Morgan fingerprint density at radius 2 is 0.657 bits per heavy atom. The Morgan fingerprint density at radius 3 is 0.954 bits per heavy atom. The zero-order chi connectivity index (χ0) is 77.3. The molecule has 0 fully saturated rings. The molecule has 22 nitrogen and oxygen atoms in total. The van der Waals surface area contributed by atoms with E-state index in [2.05, 4.69) is 69.8 Å². The lowest BCUT2D eigenvalue weighted by molar-refractivity contribution is 0.0164. The highest BCUT2D eigenvalue weighted by Gasteiger charge is 2.27. The summed E-state index contributed by atoms with van der Waals surface area (Å²) in [5.74, 6) is -4.75. The topological polar surface area (TPSA) is 286 Å². The summed E-state index contributed by atoms with van der Waals surface area (Å²) in [6, 6.07) is 30.2. The van der Waals surface area contributed by atoms with Crippen LogP contribution in [-0.4, -0.2) is 92.9 Å². The van der Waals surface area contributed by atoms with Crippen LogP contribution in [-0.2, 0) is 63.2 Å². The number of rotatable bonds is 26. The van der Waals surface area contributed by atoms with Crippen molar-refractivity contribution < 1.29 is 64.5 Å². The fourth-order valence-corrected chi connectivity index (χ4v) is 9.79. The lowest BCUT2D eigenvalue weighted by atomic mass is 10.1. The molecule has 0 saturated heterocycles. The van der Waals surface area contributed by atoms with Crippen LogP contribution in [0.1, 0.15) is 151 Å². The van der Waals surface area contributed by atoms with Crippen molar-refractivity contribution in [2.75, 3.05) is 0 Å². The molecule has 0 spiro atoms. The Kier molecular flexibility index (Phi) is 27.7. The summed E-state index contributed by atoms with van der Waals surface area (Å²) in [5.41, 5.74) is 7.48. The average molecular weight is 1470 g/mol. The summed E-state index contributed by atoms with van der Waals surface area (Å²) in [7, 11) is 0. The van der Waals surface area contributed by atoms with Gasteiger partial charge in [-0.1, -0.05) is 39.8 Å². The van der Waals surface area contributed by atoms with Crippen LogP contribution < -0.4 is 18.9 Å². The molecule has 0 aliphatic carbocycles. The number of ketones is 4. The number of pyridine rings is 10. The number of ether oxygens (including phenoxy) is 4. The van der Waals surface area contributed by atoms with E-state index in [1.165, 1.54) is 86.0 Å². The Hall–Kier alpha value is -12.9. The third-order valence-corrected chi connectivity index (χ3v) is 15.3. The number of aryl methyl sites for hydroxylation is 6. The molecular formula is C80H72F6N14O8. The summed E-state index contributed by atoms with van der Waals surface area (Å²) in [5, 5.41) is 0. The predicted molar refractivity (Wildman–Crippen MR) is 385 cm³/mol. The molecule has 0 unspecified atom stereocenters.